The van der Waals surface area contributed by atoms with Gasteiger partial charge in [0.25, 0.3) is 16.6 Å². The minimum atomic E-state index is -3.73. The summed E-state index contributed by atoms with van der Waals surface area (Å²) in [5.74, 6) is 1.15. The summed E-state index contributed by atoms with van der Waals surface area (Å²) in [5, 5.41) is 10.6. The number of rotatable bonds is 6. The standard InChI is InChI=1S/C56H38N6OSi2/c1-5-21-39(22-6-1)64(40-23-7-2-8-24-40)53-47(37-57-55(59-53)61-49-33-17-13-29-43(49)44-30-14-18-34-50(44)61)48-38-58-56(62-51-35-19-15-31-45(51)46-32-16-20-36-52(46)62)60-54(48)65(63-64,41-25-9-3-10-26-41)42-27-11-4-12-28-42/h1-38H. The molecule has 306 valence electrons. The highest BCUT2D eigenvalue weighted by atomic mass is 28.4. The van der Waals surface area contributed by atoms with E-state index in [0.717, 1.165) is 86.1 Å². The summed E-state index contributed by atoms with van der Waals surface area (Å²) in [6, 6.07) is 77.1. The monoisotopic (exact) mass is 866 g/mol. The largest absolute Gasteiger partial charge is 0.434 e. The minimum Gasteiger partial charge on any atom is -0.434 e. The number of nitrogens with zero attached hydrogens (tertiary/aromatic N) is 6. The van der Waals surface area contributed by atoms with Crippen molar-refractivity contribution >= 4 is 91.6 Å². The van der Waals surface area contributed by atoms with Crippen molar-refractivity contribution in [2.24, 2.45) is 0 Å². The Morgan fingerprint density at radius 3 is 0.862 bits per heavy atom. The first-order valence-electron chi connectivity index (χ1n) is 21.9. The van der Waals surface area contributed by atoms with E-state index >= 15 is 0 Å². The molecule has 65 heavy (non-hydrogen) atoms. The fraction of sp³-hybridized carbons (Fsp3) is 0. The van der Waals surface area contributed by atoms with Crippen LogP contribution < -0.4 is 31.4 Å². The highest BCUT2D eigenvalue weighted by molar-refractivity contribution is 7.19. The van der Waals surface area contributed by atoms with Crippen LogP contribution in [0.3, 0.4) is 0 Å². The zero-order chi connectivity index (χ0) is 43.0. The Bertz CT molecular complexity index is 3330. The van der Waals surface area contributed by atoms with Crippen molar-refractivity contribution < 1.29 is 4.12 Å². The molecule has 8 aromatic carbocycles. The molecule has 0 saturated heterocycles. The maximum absolute atomic E-state index is 8.76. The van der Waals surface area contributed by atoms with Crippen LogP contribution in [0.1, 0.15) is 0 Å². The molecule has 0 bridgehead atoms. The molecular weight excluding hydrogens is 829 g/mol. The van der Waals surface area contributed by atoms with Crippen molar-refractivity contribution in [1.82, 2.24) is 29.1 Å². The maximum atomic E-state index is 8.76. The van der Waals surface area contributed by atoms with Crippen molar-refractivity contribution in [3.63, 3.8) is 0 Å². The van der Waals surface area contributed by atoms with Crippen LogP contribution in [-0.4, -0.2) is 45.7 Å². The summed E-state index contributed by atoms with van der Waals surface area (Å²) in [4.78, 5) is 22.5. The summed E-state index contributed by atoms with van der Waals surface area (Å²) in [7, 11) is -7.46. The predicted octanol–water partition coefficient (Wildman–Crippen LogP) is 8.09. The van der Waals surface area contributed by atoms with Crippen molar-refractivity contribution in [2.45, 2.75) is 0 Å². The molecule has 0 aliphatic carbocycles. The van der Waals surface area contributed by atoms with Crippen LogP contribution in [0.2, 0.25) is 0 Å². The summed E-state index contributed by atoms with van der Waals surface area (Å²) >= 11 is 0. The molecule has 9 heteroatoms. The Morgan fingerprint density at radius 1 is 0.308 bits per heavy atom. The second-order valence-electron chi connectivity index (χ2n) is 16.5. The Morgan fingerprint density at radius 2 is 0.569 bits per heavy atom. The lowest BCUT2D eigenvalue weighted by Crippen LogP contribution is -2.80. The van der Waals surface area contributed by atoms with Gasteiger partial charge in [-0.05, 0) is 45.0 Å². The molecule has 0 radical (unpaired) electrons. The van der Waals surface area contributed by atoms with Gasteiger partial charge in [-0.25, -0.2) is 19.9 Å². The fourth-order valence-corrected chi connectivity index (χ4v) is 20.9. The van der Waals surface area contributed by atoms with Gasteiger partial charge in [0.05, 0.1) is 32.7 Å². The molecule has 0 fully saturated rings. The van der Waals surface area contributed by atoms with E-state index in [2.05, 4.69) is 228 Å². The van der Waals surface area contributed by atoms with Gasteiger partial charge in [-0.15, -0.1) is 0 Å². The second-order valence-corrected chi connectivity index (χ2v) is 23.3. The molecule has 13 rings (SSSR count). The number of fused-ring (bicyclic) bond motifs is 9. The molecule has 1 aliphatic rings. The number of benzene rings is 8. The smallest absolute Gasteiger partial charge is 0.298 e. The van der Waals surface area contributed by atoms with Crippen molar-refractivity contribution in [3.05, 3.63) is 231 Å². The van der Waals surface area contributed by atoms with E-state index in [0.29, 0.717) is 11.9 Å². The van der Waals surface area contributed by atoms with Gasteiger partial charge in [-0.2, -0.15) is 0 Å². The van der Waals surface area contributed by atoms with Crippen molar-refractivity contribution in [1.29, 1.82) is 0 Å². The van der Waals surface area contributed by atoms with Gasteiger partial charge in [0, 0.05) is 45.1 Å². The van der Waals surface area contributed by atoms with E-state index in [-0.39, 0.29) is 0 Å². The SMILES string of the molecule is c1ccc([Si]2(c3ccccc3)O[Si](c3ccccc3)(c3ccccc3)c3nc(-n4c5ccccc5c5ccccc54)ncc3-c3cnc(-n4c5ccccc5c5ccccc54)nc32)cc1. The molecule has 0 N–H and O–H groups in total. The molecule has 5 heterocycles. The van der Waals surface area contributed by atoms with Crippen LogP contribution in [0, 0.1) is 0 Å². The maximum Gasteiger partial charge on any atom is 0.298 e. The van der Waals surface area contributed by atoms with Gasteiger partial charge in [0.1, 0.15) is 0 Å². The summed E-state index contributed by atoms with van der Waals surface area (Å²) < 4.78 is 13.2. The van der Waals surface area contributed by atoms with Crippen LogP contribution >= 0.6 is 0 Å². The first kappa shape index (κ1) is 37.5. The molecule has 1 aliphatic heterocycles. The Kier molecular flexibility index (Phi) is 8.50. The lowest BCUT2D eigenvalue weighted by atomic mass is 10.2. The normalized spacial score (nSPS) is 14.0. The fourth-order valence-electron chi connectivity index (χ4n) is 10.3. The lowest BCUT2D eigenvalue weighted by Gasteiger charge is -2.41. The van der Waals surface area contributed by atoms with Crippen LogP contribution in [0.4, 0.5) is 0 Å². The van der Waals surface area contributed by atoms with Crippen molar-refractivity contribution in [2.75, 3.05) is 0 Å². The van der Waals surface area contributed by atoms with Gasteiger partial charge in [-0.1, -0.05) is 194 Å². The number of hydrogen-bond acceptors (Lipinski definition) is 5. The Hall–Kier alpha value is -8.09. The molecule has 0 saturated carbocycles. The third-order valence-corrected chi connectivity index (χ3v) is 22.2. The molecular formula is C56H38N6OSi2. The summed E-state index contributed by atoms with van der Waals surface area (Å²) in [6.07, 6.45) is 4.03. The molecule has 12 aromatic rings. The molecule has 7 nitrogen and oxygen atoms in total. The Labute approximate surface area is 376 Å². The molecule has 0 atom stereocenters. The van der Waals surface area contributed by atoms with E-state index in [9.17, 15) is 0 Å². The van der Waals surface area contributed by atoms with Gasteiger partial charge >= 0.3 is 0 Å². The highest BCUT2D eigenvalue weighted by Gasteiger charge is 2.58. The average Bonchev–Trinajstić information content (AvgIpc) is 3.87. The van der Waals surface area contributed by atoms with E-state index in [4.69, 9.17) is 24.1 Å². The minimum absolute atomic E-state index is 0.575. The number of hydrogen-bond donors (Lipinski definition) is 0. The van der Waals surface area contributed by atoms with Crippen LogP contribution in [-0.2, 0) is 4.12 Å². The van der Waals surface area contributed by atoms with E-state index in [1.54, 1.807) is 0 Å². The van der Waals surface area contributed by atoms with Crippen LogP contribution in [0.15, 0.2) is 231 Å². The van der Waals surface area contributed by atoms with Gasteiger partial charge in [0.2, 0.25) is 11.9 Å². The predicted molar refractivity (Wildman–Crippen MR) is 268 cm³/mol. The number of para-hydroxylation sites is 4. The molecule has 0 amide bonds. The highest BCUT2D eigenvalue weighted by Crippen LogP contribution is 2.35. The van der Waals surface area contributed by atoms with Crippen LogP contribution in [0.25, 0.3) is 66.6 Å². The van der Waals surface area contributed by atoms with E-state index < -0.39 is 16.6 Å². The molecule has 0 unspecified atom stereocenters. The zero-order valence-electron chi connectivity index (χ0n) is 35.0. The first-order valence-corrected chi connectivity index (χ1v) is 25.7. The third kappa shape index (κ3) is 5.50. The van der Waals surface area contributed by atoms with Crippen LogP contribution in [0.5, 0.6) is 0 Å². The molecule has 4 aromatic heterocycles. The Balaban J connectivity index is 1.21. The van der Waals surface area contributed by atoms with Gasteiger partial charge in [0.15, 0.2) is 0 Å². The van der Waals surface area contributed by atoms with Crippen molar-refractivity contribution in [3.8, 4) is 23.0 Å². The van der Waals surface area contributed by atoms with Gasteiger partial charge in [-0.3, -0.25) is 9.13 Å². The average molecular weight is 867 g/mol. The van der Waals surface area contributed by atoms with E-state index in [1.807, 2.05) is 12.4 Å². The lowest BCUT2D eigenvalue weighted by molar-refractivity contribution is 0.598. The summed E-state index contributed by atoms with van der Waals surface area (Å²) in [5.41, 5.74) is 5.86. The number of aromatic nitrogens is 6. The second kappa shape index (κ2) is 14.8. The van der Waals surface area contributed by atoms with Gasteiger partial charge < -0.3 is 4.12 Å². The third-order valence-electron chi connectivity index (χ3n) is 13.1. The molecule has 0 spiro atoms. The summed E-state index contributed by atoms with van der Waals surface area (Å²) in [6.45, 7) is 0. The van der Waals surface area contributed by atoms with E-state index in [1.165, 1.54) is 0 Å². The quantitative estimate of drug-likeness (QED) is 0.158. The zero-order valence-corrected chi connectivity index (χ0v) is 37.0. The first-order chi connectivity index (χ1) is 32.2. The topological polar surface area (TPSA) is 70.7 Å².